The van der Waals surface area contributed by atoms with Crippen LogP contribution in [0.2, 0.25) is 0 Å². The third-order valence-electron chi connectivity index (χ3n) is 3.95. The van der Waals surface area contributed by atoms with Crippen LogP contribution < -0.4 is 11.1 Å². The first-order valence-corrected chi connectivity index (χ1v) is 6.70. The SMILES string of the molecule is Cc1ccc(C)c(NC(=O)[C@@H]2CCC[C@@H]2CN)c1.Cl. The van der Waals surface area contributed by atoms with Gasteiger partial charge in [-0.2, -0.15) is 0 Å². The van der Waals surface area contributed by atoms with Gasteiger partial charge < -0.3 is 11.1 Å². The number of anilines is 1. The highest BCUT2D eigenvalue weighted by molar-refractivity contribution is 5.93. The molecule has 19 heavy (non-hydrogen) atoms. The number of nitrogens with two attached hydrogens (primary N) is 1. The van der Waals surface area contributed by atoms with E-state index in [1.54, 1.807) is 0 Å². The highest BCUT2D eigenvalue weighted by Gasteiger charge is 2.31. The van der Waals surface area contributed by atoms with Crippen molar-refractivity contribution in [3.8, 4) is 0 Å². The van der Waals surface area contributed by atoms with E-state index >= 15 is 0 Å². The standard InChI is InChI=1S/C15H22N2O.ClH/c1-10-6-7-11(2)14(8-10)17-15(18)13-5-3-4-12(13)9-16;/h6-8,12-13H,3-5,9,16H2,1-2H3,(H,17,18);1H/t12-,13-;/m1./s1. The molecule has 1 aromatic rings. The molecule has 0 bridgehead atoms. The highest BCUT2D eigenvalue weighted by atomic mass is 35.5. The minimum Gasteiger partial charge on any atom is -0.330 e. The van der Waals surface area contributed by atoms with Crippen molar-refractivity contribution in [1.29, 1.82) is 0 Å². The van der Waals surface area contributed by atoms with Gasteiger partial charge in [0.2, 0.25) is 5.91 Å². The maximum absolute atomic E-state index is 12.3. The minimum absolute atomic E-state index is 0. The minimum atomic E-state index is 0. The summed E-state index contributed by atoms with van der Waals surface area (Å²) in [6.45, 7) is 4.67. The molecule has 0 spiro atoms. The second kappa shape index (κ2) is 6.92. The Labute approximate surface area is 121 Å². The van der Waals surface area contributed by atoms with Gasteiger partial charge in [-0.3, -0.25) is 4.79 Å². The monoisotopic (exact) mass is 282 g/mol. The third-order valence-corrected chi connectivity index (χ3v) is 3.95. The lowest BCUT2D eigenvalue weighted by molar-refractivity contribution is -0.120. The Morgan fingerprint density at radius 3 is 2.79 bits per heavy atom. The van der Waals surface area contributed by atoms with Crippen LogP contribution in [0, 0.1) is 25.7 Å². The van der Waals surface area contributed by atoms with E-state index in [-0.39, 0.29) is 24.2 Å². The van der Waals surface area contributed by atoms with Crippen LogP contribution in [0.1, 0.15) is 30.4 Å². The normalized spacial score (nSPS) is 21.8. The number of rotatable bonds is 3. The molecule has 2 atom stereocenters. The first-order chi connectivity index (χ1) is 8.61. The summed E-state index contributed by atoms with van der Waals surface area (Å²) < 4.78 is 0. The zero-order valence-corrected chi connectivity index (χ0v) is 12.4. The Bertz CT molecular complexity index is 448. The summed E-state index contributed by atoms with van der Waals surface area (Å²) in [7, 11) is 0. The Morgan fingerprint density at radius 2 is 2.11 bits per heavy atom. The van der Waals surface area contributed by atoms with Crippen LogP contribution >= 0.6 is 12.4 Å². The van der Waals surface area contributed by atoms with Crippen molar-refractivity contribution in [2.24, 2.45) is 17.6 Å². The van der Waals surface area contributed by atoms with E-state index in [0.29, 0.717) is 12.5 Å². The summed E-state index contributed by atoms with van der Waals surface area (Å²) in [5, 5.41) is 3.06. The molecule has 1 amide bonds. The predicted molar refractivity (Wildman–Crippen MR) is 81.7 cm³/mol. The van der Waals surface area contributed by atoms with Crippen molar-refractivity contribution in [2.45, 2.75) is 33.1 Å². The Morgan fingerprint density at radius 1 is 1.37 bits per heavy atom. The van der Waals surface area contributed by atoms with Gasteiger partial charge in [0.25, 0.3) is 0 Å². The molecule has 0 aromatic heterocycles. The van der Waals surface area contributed by atoms with E-state index in [9.17, 15) is 4.79 Å². The van der Waals surface area contributed by atoms with E-state index in [0.717, 1.165) is 36.1 Å². The van der Waals surface area contributed by atoms with Gasteiger partial charge in [0.15, 0.2) is 0 Å². The van der Waals surface area contributed by atoms with Crippen LogP contribution in [0.25, 0.3) is 0 Å². The summed E-state index contributed by atoms with van der Waals surface area (Å²) in [6, 6.07) is 6.13. The van der Waals surface area contributed by atoms with Crippen LogP contribution in [0.5, 0.6) is 0 Å². The van der Waals surface area contributed by atoms with Crippen molar-refractivity contribution in [2.75, 3.05) is 11.9 Å². The second-order valence-electron chi connectivity index (χ2n) is 5.34. The summed E-state index contributed by atoms with van der Waals surface area (Å²) >= 11 is 0. The molecule has 1 aliphatic rings. The molecule has 3 nitrogen and oxygen atoms in total. The van der Waals surface area contributed by atoms with Crippen molar-refractivity contribution in [1.82, 2.24) is 0 Å². The van der Waals surface area contributed by atoms with E-state index < -0.39 is 0 Å². The fourth-order valence-electron chi connectivity index (χ4n) is 2.76. The maximum atomic E-state index is 12.3. The lowest BCUT2D eigenvalue weighted by Gasteiger charge is -2.18. The van der Waals surface area contributed by atoms with Crippen LogP contribution in [0.3, 0.4) is 0 Å². The van der Waals surface area contributed by atoms with E-state index in [2.05, 4.69) is 11.4 Å². The number of hydrogen-bond donors (Lipinski definition) is 2. The molecule has 1 saturated carbocycles. The molecule has 0 heterocycles. The van der Waals surface area contributed by atoms with Gasteiger partial charge in [-0.15, -0.1) is 12.4 Å². The Hall–Kier alpha value is -1.06. The van der Waals surface area contributed by atoms with Gasteiger partial charge in [0, 0.05) is 11.6 Å². The number of aryl methyl sites for hydroxylation is 2. The average Bonchev–Trinajstić information content (AvgIpc) is 2.82. The van der Waals surface area contributed by atoms with Crippen molar-refractivity contribution in [3.63, 3.8) is 0 Å². The van der Waals surface area contributed by atoms with Crippen molar-refractivity contribution >= 4 is 24.0 Å². The number of carbonyl (C=O) groups is 1. The van der Waals surface area contributed by atoms with Gasteiger partial charge in [0.05, 0.1) is 0 Å². The van der Waals surface area contributed by atoms with E-state index in [1.807, 2.05) is 26.0 Å². The summed E-state index contributed by atoms with van der Waals surface area (Å²) in [4.78, 5) is 12.3. The Kier molecular flexibility index (Phi) is 5.83. The van der Waals surface area contributed by atoms with Gasteiger partial charge in [-0.25, -0.2) is 0 Å². The lowest BCUT2D eigenvalue weighted by Crippen LogP contribution is -2.30. The highest BCUT2D eigenvalue weighted by Crippen LogP contribution is 2.32. The number of halogens is 1. The van der Waals surface area contributed by atoms with Crippen molar-refractivity contribution < 1.29 is 4.79 Å². The number of benzene rings is 1. The molecule has 1 aromatic carbocycles. The zero-order valence-electron chi connectivity index (χ0n) is 11.6. The zero-order chi connectivity index (χ0) is 13.1. The molecule has 4 heteroatoms. The fraction of sp³-hybridized carbons (Fsp3) is 0.533. The number of nitrogens with one attached hydrogen (secondary N) is 1. The molecular weight excluding hydrogens is 260 g/mol. The van der Waals surface area contributed by atoms with Gasteiger partial charge in [-0.1, -0.05) is 18.6 Å². The third kappa shape index (κ3) is 3.71. The van der Waals surface area contributed by atoms with Gasteiger partial charge in [0.1, 0.15) is 0 Å². The molecule has 0 radical (unpaired) electrons. The second-order valence-corrected chi connectivity index (χ2v) is 5.34. The Balaban J connectivity index is 0.00000180. The van der Waals surface area contributed by atoms with Crippen molar-refractivity contribution in [3.05, 3.63) is 29.3 Å². The quantitative estimate of drug-likeness (QED) is 0.895. The maximum Gasteiger partial charge on any atom is 0.227 e. The molecule has 0 aliphatic heterocycles. The van der Waals surface area contributed by atoms with Crippen LogP contribution in [-0.4, -0.2) is 12.5 Å². The number of hydrogen-bond acceptors (Lipinski definition) is 2. The molecule has 1 fully saturated rings. The average molecular weight is 283 g/mol. The van der Waals surface area contributed by atoms with Crippen LogP contribution in [0.4, 0.5) is 5.69 Å². The lowest BCUT2D eigenvalue weighted by atomic mass is 9.95. The molecular formula is C15H23ClN2O. The number of amides is 1. The molecule has 3 N–H and O–H groups in total. The topological polar surface area (TPSA) is 55.1 Å². The number of carbonyl (C=O) groups excluding carboxylic acids is 1. The predicted octanol–water partition coefficient (Wildman–Crippen LogP) is 3.04. The largest absolute Gasteiger partial charge is 0.330 e. The fourth-order valence-corrected chi connectivity index (χ4v) is 2.76. The molecule has 1 aliphatic carbocycles. The summed E-state index contributed by atoms with van der Waals surface area (Å²) in [6.07, 6.45) is 3.17. The van der Waals surface area contributed by atoms with E-state index in [4.69, 9.17) is 5.73 Å². The van der Waals surface area contributed by atoms with Gasteiger partial charge >= 0.3 is 0 Å². The van der Waals surface area contributed by atoms with Crippen LogP contribution in [0.15, 0.2) is 18.2 Å². The smallest absolute Gasteiger partial charge is 0.227 e. The summed E-state index contributed by atoms with van der Waals surface area (Å²) in [5.41, 5.74) is 8.93. The summed E-state index contributed by atoms with van der Waals surface area (Å²) in [5.74, 6) is 0.585. The van der Waals surface area contributed by atoms with E-state index in [1.165, 1.54) is 0 Å². The first-order valence-electron chi connectivity index (χ1n) is 6.70. The first kappa shape index (κ1) is 16.0. The molecule has 0 saturated heterocycles. The molecule has 106 valence electrons. The van der Waals surface area contributed by atoms with Gasteiger partial charge in [-0.05, 0) is 56.3 Å². The molecule has 0 unspecified atom stereocenters. The van der Waals surface area contributed by atoms with Crippen LogP contribution in [-0.2, 0) is 4.79 Å². The molecule has 2 rings (SSSR count).